The van der Waals surface area contributed by atoms with Crippen LogP contribution >= 0.6 is 23.4 Å². The lowest BCUT2D eigenvalue weighted by molar-refractivity contribution is -0.123. The second-order valence-corrected chi connectivity index (χ2v) is 10.8. The Balaban J connectivity index is 1.21. The molecule has 6 nitrogen and oxygen atoms in total. The van der Waals surface area contributed by atoms with Gasteiger partial charge in [-0.15, -0.1) is 0 Å². The van der Waals surface area contributed by atoms with E-state index < -0.39 is 0 Å². The van der Waals surface area contributed by atoms with Crippen LogP contribution < -0.4 is 9.47 Å². The van der Waals surface area contributed by atoms with Crippen LogP contribution in [0.3, 0.4) is 0 Å². The number of amides is 2. The predicted molar refractivity (Wildman–Crippen MR) is 154 cm³/mol. The quantitative estimate of drug-likeness (QED) is 0.212. The number of benzene rings is 4. The van der Waals surface area contributed by atoms with E-state index in [2.05, 4.69) is 53.2 Å². The third kappa shape index (κ3) is 4.24. The van der Waals surface area contributed by atoms with Gasteiger partial charge in [0.2, 0.25) is 6.79 Å². The molecule has 1 aromatic heterocycles. The highest BCUT2D eigenvalue weighted by Crippen LogP contribution is 2.40. The summed E-state index contributed by atoms with van der Waals surface area (Å²) in [6, 6.07) is 26.2. The van der Waals surface area contributed by atoms with Crippen LogP contribution in [0.4, 0.5) is 4.79 Å². The monoisotopic (exact) mass is 552 g/mol. The van der Waals surface area contributed by atoms with Crippen LogP contribution in [0.25, 0.3) is 27.8 Å². The first kappa shape index (κ1) is 23.9. The number of aromatic nitrogens is 1. The topological polar surface area (TPSA) is 60.8 Å². The average Bonchev–Trinajstić information content (AvgIpc) is 3.62. The maximum atomic E-state index is 13.4. The number of imide groups is 1. The first-order chi connectivity index (χ1) is 19.0. The number of nitrogens with zero attached hydrogens (tertiary/aromatic N) is 2. The molecule has 0 saturated carbocycles. The van der Waals surface area contributed by atoms with Gasteiger partial charge in [0.15, 0.2) is 11.5 Å². The van der Waals surface area contributed by atoms with Crippen molar-refractivity contribution in [2.24, 2.45) is 0 Å². The van der Waals surface area contributed by atoms with Gasteiger partial charge < -0.3 is 14.0 Å². The number of hydrogen-bond acceptors (Lipinski definition) is 5. The van der Waals surface area contributed by atoms with Gasteiger partial charge in [-0.05, 0) is 51.9 Å². The van der Waals surface area contributed by atoms with Crippen LogP contribution in [0.2, 0.25) is 5.02 Å². The number of thioether (sulfide) groups is 1. The number of hydrogen-bond donors (Lipinski definition) is 0. The van der Waals surface area contributed by atoms with Gasteiger partial charge in [-0.2, -0.15) is 0 Å². The molecule has 192 valence electrons. The third-order valence-corrected chi connectivity index (χ3v) is 8.33. The summed E-state index contributed by atoms with van der Waals surface area (Å²) in [5, 5.41) is 3.51. The fourth-order valence-electron chi connectivity index (χ4n) is 5.16. The molecule has 2 aliphatic rings. The molecular weight excluding hydrogens is 532 g/mol. The Kier molecular flexibility index (Phi) is 5.83. The molecule has 3 heterocycles. The fraction of sp³-hybridized carbons (Fsp3) is 0.0968. The molecule has 0 bridgehead atoms. The highest BCUT2D eigenvalue weighted by Gasteiger charge is 2.36. The molecule has 8 heteroatoms. The van der Waals surface area contributed by atoms with Gasteiger partial charge in [-0.25, -0.2) is 0 Å². The van der Waals surface area contributed by atoms with E-state index in [0.29, 0.717) is 33.5 Å². The van der Waals surface area contributed by atoms with Crippen molar-refractivity contribution in [1.29, 1.82) is 0 Å². The summed E-state index contributed by atoms with van der Waals surface area (Å²) in [6.45, 7) is 0.855. The molecule has 2 amide bonds. The van der Waals surface area contributed by atoms with E-state index in [4.69, 9.17) is 21.1 Å². The molecule has 7 rings (SSSR count). The summed E-state index contributed by atoms with van der Waals surface area (Å²) in [5.74, 6) is 0.762. The van der Waals surface area contributed by atoms with E-state index in [9.17, 15) is 9.59 Å². The lowest BCUT2D eigenvalue weighted by Crippen LogP contribution is -2.27. The van der Waals surface area contributed by atoms with Gasteiger partial charge in [-0.1, -0.05) is 72.3 Å². The van der Waals surface area contributed by atoms with E-state index in [0.717, 1.165) is 28.2 Å². The average molecular weight is 553 g/mol. The second kappa shape index (κ2) is 9.52. The number of carbonyl (C=O) groups excluding carboxylic acids is 2. The van der Waals surface area contributed by atoms with Crippen LogP contribution in [0, 0.1) is 0 Å². The van der Waals surface area contributed by atoms with Gasteiger partial charge in [0.1, 0.15) is 0 Å². The fourth-order valence-corrected chi connectivity index (χ4v) is 6.21. The lowest BCUT2D eigenvalue weighted by atomic mass is 10.0. The maximum absolute atomic E-state index is 13.4. The molecule has 1 fully saturated rings. The number of halogens is 1. The summed E-state index contributed by atoms with van der Waals surface area (Å²) < 4.78 is 13.0. The molecule has 39 heavy (non-hydrogen) atoms. The Hall–Kier alpha value is -4.20. The first-order valence-corrected chi connectivity index (χ1v) is 13.6. The van der Waals surface area contributed by atoms with Crippen LogP contribution in [0.1, 0.15) is 16.7 Å². The van der Waals surface area contributed by atoms with Crippen molar-refractivity contribution in [2.45, 2.75) is 13.1 Å². The molecule has 0 atom stereocenters. The number of rotatable bonds is 5. The minimum atomic E-state index is -0.343. The highest BCUT2D eigenvalue weighted by molar-refractivity contribution is 8.18. The van der Waals surface area contributed by atoms with Crippen LogP contribution in [-0.4, -0.2) is 27.4 Å². The molecule has 4 aromatic carbocycles. The molecule has 2 aliphatic heterocycles. The van der Waals surface area contributed by atoms with Crippen molar-refractivity contribution < 1.29 is 19.1 Å². The van der Waals surface area contributed by atoms with Crippen molar-refractivity contribution in [3.63, 3.8) is 0 Å². The molecule has 0 spiro atoms. The van der Waals surface area contributed by atoms with Crippen molar-refractivity contribution in [1.82, 2.24) is 9.47 Å². The minimum absolute atomic E-state index is 0.0559. The number of fused-ring (bicyclic) bond motifs is 3. The summed E-state index contributed by atoms with van der Waals surface area (Å²) >= 11 is 7.35. The normalized spacial score (nSPS) is 15.8. The van der Waals surface area contributed by atoms with Gasteiger partial charge >= 0.3 is 0 Å². The van der Waals surface area contributed by atoms with Crippen molar-refractivity contribution in [3.8, 4) is 11.5 Å². The first-order valence-electron chi connectivity index (χ1n) is 12.4. The van der Waals surface area contributed by atoms with Gasteiger partial charge in [0, 0.05) is 40.3 Å². The molecule has 0 radical (unpaired) electrons. The van der Waals surface area contributed by atoms with Crippen LogP contribution in [0.5, 0.6) is 11.5 Å². The van der Waals surface area contributed by atoms with Crippen molar-refractivity contribution >= 4 is 62.3 Å². The summed E-state index contributed by atoms with van der Waals surface area (Å²) in [6.07, 6.45) is 3.86. The minimum Gasteiger partial charge on any atom is -0.454 e. The summed E-state index contributed by atoms with van der Waals surface area (Å²) in [7, 11) is 0. The maximum Gasteiger partial charge on any atom is 0.293 e. The molecule has 0 unspecified atom stereocenters. The van der Waals surface area contributed by atoms with Crippen LogP contribution in [-0.2, 0) is 17.9 Å². The van der Waals surface area contributed by atoms with E-state index >= 15 is 0 Å². The molecule has 0 N–H and O–H groups in total. The highest BCUT2D eigenvalue weighted by atomic mass is 35.5. The van der Waals surface area contributed by atoms with E-state index in [1.807, 2.05) is 30.3 Å². The van der Waals surface area contributed by atoms with E-state index in [1.165, 1.54) is 21.2 Å². The zero-order chi connectivity index (χ0) is 26.5. The predicted octanol–water partition coefficient (Wildman–Crippen LogP) is 7.46. The number of para-hydroxylation sites is 1. The lowest BCUT2D eigenvalue weighted by Gasteiger charge is -2.14. The van der Waals surface area contributed by atoms with E-state index in [1.54, 1.807) is 12.1 Å². The van der Waals surface area contributed by atoms with Crippen molar-refractivity contribution in [2.75, 3.05) is 6.79 Å². The molecule has 0 aliphatic carbocycles. The van der Waals surface area contributed by atoms with Gasteiger partial charge in [0.25, 0.3) is 11.1 Å². The smallest absolute Gasteiger partial charge is 0.293 e. The molecular formula is C31H21ClN2O4S. The van der Waals surface area contributed by atoms with Gasteiger partial charge in [0.05, 0.1) is 11.4 Å². The number of carbonyl (C=O) groups is 2. The van der Waals surface area contributed by atoms with Crippen molar-refractivity contribution in [3.05, 3.63) is 112 Å². The standard InChI is InChI=1S/C31H21ClN2O4S/c32-25-14-28-27(37-18-38-28)12-22(25)17-34-30(35)29(39-31(34)36)13-21-16-33(26-11-4-3-10-24(21)26)15-20-8-5-7-19-6-1-2-9-23(19)20/h1-14,16H,15,17-18H2/b29-13-. The Morgan fingerprint density at radius 1 is 0.846 bits per heavy atom. The van der Waals surface area contributed by atoms with Crippen LogP contribution in [0.15, 0.2) is 90.0 Å². The van der Waals surface area contributed by atoms with Gasteiger partial charge in [-0.3, -0.25) is 14.5 Å². The Morgan fingerprint density at radius 2 is 1.59 bits per heavy atom. The van der Waals surface area contributed by atoms with E-state index in [-0.39, 0.29) is 24.5 Å². The molecule has 5 aromatic rings. The summed E-state index contributed by atoms with van der Waals surface area (Å²) in [5.41, 5.74) is 3.78. The molecule has 1 saturated heterocycles. The zero-order valence-electron chi connectivity index (χ0n) is 20.6. The Morgan fingerprint density at radius 3 is 2.46 bits per heavy atom. The number of ether oxygens (including phenoxy) is 2. The SMILES string of the molecule is O=C1S/C(=C\c2cn(Cc3cccc4ccccc34)c3ccccc23)C(=O)N1Cc1cc2c(cc1Cl)OCO2. The second-order valence-electron chi connectivity index (χ2n) is 9.43. The summed E-state index contributed by atoms with van der Waals surface area (Å²) in [4.78, 5) is 27.8. The third-order valence-electron chi connectivity index (χ3n) is 7.07. The Bertz CT molecular complexity index is 1840. The largest absolute Gasteiger partial charge is 0.454 e. The Labute approximate surface area is 233 Å². The zero-order valence-corrected chi connectivity index (χ0v) is 22.2.